The molecule has 3 rings (SSSR count). The molecule has 0 spiro atoms. The molecule has 2 heterocycles. The number of thioether (sulfide) groups is 1. The van der Waals surface area contributed by atoms with Gasteiger partial charge in [-0.05, 0) is 12.1 Å². The molecule has 2 saturated heterocycles. The van der Waals surface area contributed by atoms with E-state index in [1.807, 2.05) is 0 Å². The summed E-state index contributed by atoms with van der Waals surface area (Å²) in [4.78, 5) is 16.6. The predicted molar refractivity (Wildman–Crippen MR) is 88.7 cm³/mol. The summed E-state index contributed by atoms with van der Waals surface area (Å²) in [7, 11) is 0. The Morgan fingerprint density at radius 3 is 2.77 bits per heavy atom. The van der Waals surface area contributed by atoms with Crippen LogP contribution in [0.15, 0.2) is 29.2 Å². The molecule has 0 unspecified atom stereocenters. The summed E-state index contributed by atoms with van der Waals surface area (Å²) in [6.45, 7) is 3.36. The van der Waals surface area contributed by atoms with Gasteiger partial charge in [-0.15, -0.1) is 0 Å². The lowest BCUT2D eigenvalue weighted by Gasteiger charge is -2.29. The maximum absolute atomic E-state index is 13.7. The van der Waals surface area contributed by atoms with E-state index in [2.05, 4.69) is 4.90 Å². The number of hydrogen-bond acceptors (Lipinski definition) is 5. The van der Waals surface area contributed by atoms with Crippen molar-refractivity contribution in [3.05, 3.63) is 40.6 Å². The smallest absolute Gasteiger partial charge is 0.267 e. The van der Waals surface area contributed by atoms with Gasteiger partial charge in [0, 0.05) is 18.7 Å². The molecule has 0 aromatic heterocycles. The third kappa shape index (κ3) is 3.38. The monoisotopic (exact) mass is 338 g/mol. The van der Waals surface area contributed by atoms with Crippen molar-refractivity contribution < 1.29 is 13.9 Å². The van der Waals surface area contributed by atoms with Gasteiger partial charge in [0.25, 0.3) is 5.91 Å². The molecular weight excluding hydrogens is 323 g/mol. The van der Waals surface area contributed by atoms with Gasteiger partial charge in [0.15, 0.2) is 0 Å². The Bertz CT molecular complexity index is 630. The van der Waals surface area contributed by atoms with Crippen LogP contribution in [-0.4, -0.2) is 53.0 Å². The molecule has 0 atom stereocenters. The number of ether oxygens (including phenoxy) is 1. The fourth-order valence-corrected chi connectivity index (χ4v) is 3.53. The molecule has 7 heteroatoms. The summed E-state index contributed by atoms with van der Waals surface area (Å²) in [5, 5.41) is 0. The molecule has 0 saturated carbocycles. The number of carbonyl (C=O) groups excluding carboxylic acids is 1. The molecule has 22 heavy (non-hydrogen) atoms. The number of rotatable bonds is 3. The summed E-state index contributed by atoms with van der Waals surface area (Å²) >= 11 is 6.51. The van der Waals surface area contributed by atoms with Crippen molar-refractivity contribution in [1.82, 2.24) is 9.80 Å². The lowest BCUT2D eigenvalue weighted by molar-refractivity contribution is -0.124. The molecule has 116 valence electrons. The summed E-state index contributed by atoms with van der Waals surface area (Å²) in [6.07, 6.45) is 1.56. The Morgan fingerprint density at radius 1 is 1.32 bits per heavy atom. The highest BCUT2D eigenvalue weighted by Crippen LogP contribution is 2.33. The number of amides is 1. The molecule has 1 aromatic rings. The van der Waals surface area contributed by atoms with E-state index in [9.17, 15) is 9.18 Å². The van der Waals surface area contributed by atoms with E-state index in [1.165, 1.54) is 17.8 Å². The molecule has 4 nitrogen and oxygen atoms in total. The van der Waals surface area contributed by atoms with Gasteiger partial charge in [0.2, 0.25) is 0 Å². The second kappa shape index (κ2) is 6.87. The third-order valence-electron chi connectivity index (χ3n) is 3.51. The summed E-state index contributed by atoms with van der Waals surface area (Å²) < 4.78 is 19.5. The number of morpholine rings is 1. The largest absolute Gasteiger partial charge is 0.379 e. The van der Waals surface area contributed by atoms with E-state index in [0.717, 1.165) is 13.1 Å². The van der Waals surface area contributed by atoms with Gasteiger partial charge < -0.3 is 4.74 Å². The zero-order valence-corrected chi connectivity index (χ0v) is 13.5. The minimum absolute atomic E-state index is 0.162. The van der Waals surface area contributed by atoms with Crippen LogP contribution < -0.4 is 0 Å². The van der Waals surface area contributed by atoms with Crippen LogP contribution in [0.3, 0.4) is 0 Å². The van der Waals surface area contributed by atoms with Crippen molar-refractivity contribution in [2.75, 3.05) is 33.0 Å². The molecule has 0 N–H and O–H groups in total. The van der Waals surface area contributed by atoms with Crippen molar-refractivity contribution in [1.29, 1.82) is 0 Å². The highest BCUT2D eigenvalue weighted by Gasteiger charge is 2.33. The van der Waals surface area contributed by atoms with Crippen molar-refractivity contribution in [3.8, 4) is 0 Å². The highest BCUT2D eigenvalue weighted by atomic mass is 32.2. The van der Waals surface area contributed by atoms with E-state index in [-0.39, 0.29) is 11.7 Å². The SMILES string of the molecule is O=C1/C(=C/c2ccccc2F)SC(=S)N1CN1CCOCC1. The van der Waals surface area contributed by atoms with Crippen molar-refractivity contribution in [3.63, 3.8) is 0 Å². The topological polar surface area (TPSA) is 32.8 Å². The summed E-state index contributed by atoms with van der Waals surface area (Å²) in [5.74, 6) is -0.509. The van der Waals surface area contributed by atoms with Crippen LogP contribution in [0.2, 0.25) is 0 Å². The van der Waals surface area contributed by atoms with Gasteiger partial charge >= 0.3 is 0 Å². The zero-order chi connectivity index (χ0) is 15.5. The van der Waals surface area contributed by atoms with E-state index >= 15 is 0 Å². The number of hydrogen-bond donors (Lipinski definition) is 0. The first-order valence-corrected chi connectivity index (χ1v) is 8.17. The van der Waals surface area contributed by atoms with Crippen molar-refractivity contribution >= 4 is 40.3 Å². The van der Waals surface area contributed by atoms with Crippen LogP contribution in [0.4, 0.5) is 4.39 Å². The summed E-state index contributed by atoms with van der Waals surface area (Å²) in [5.41, 5.74) is 0.398. The quantitative estimate of drug-likeness (QED) is 0.624. The Kier molecular flexibility index (Phi) is 4.87. The Labute approximate surface area is 137 Å². The average Bonchev–Trinajstić information content (AvgIpc) is 2.78. The van der Waals surface area contributed by atoms with Crippen LogP contribution in [0.25, 0.3) is 6.08 Å². The first-order chi connectivity index (χ1) is 10.6. The lowest BCUT2D eigenvalue weighted by atomic mass is 10.2. The number of halogens is 1. The second-order valence-electron chi connectivity index (χ2n) is 5.00. The minimum Gasteiger partial charge on any atom is -0.379 e. The van der Waals surface area contributed by atoms with Gasteiger partial charge in [-0.3, -0.25) is 14.6 Å². The van der Waals surface area contributed by atoms with E-state index in [1.54, 1.807) is 29.2 Å². The number of carbonyl (C=O) groups is 1. The normalized spacial score (nSPS) is 21.9. The molecule has 1 aromatic carbocycles. The zero-order valence-electron chi connectivity index (χ0n) is 11.8. The fourth-order valence-electron chi connectivity index (χ4n) is 2.30. The van der Waals surface area contributed by atoms with E-state index in [0.29, 0.717) is 34.7 Å². The minimum atomic E-state index is -0.346. The Hall–Kier alpha value is -1.28. The van der Waals surface area contributed by atoms with Crippen LogP contribution in [0.5, 0.6) is 0 Å². The molecular formula is C15H15FN2O2S2. The lowest BCUT2D eigenvalue weighted by Crippen LogP contribution is -2.45. The van der Waals surface area contributed by atoms with Crippen molar-refractivity contribution in [2.24, 2.45) is 0 Å². The Morgan fingerprint density at radius 2 is 2.05 bits per heavy atom. The third-order valence-corrected chi connectivity index (χ3v) is 4.89. The number of thiocarbonyl (C=S) groups is 1. The van der Waals surface area contributed by atoms with E-state index < -0.39 is 0 Å². The van der Waals surface area contributed by atoms with Crippen LogP contribution >= 0.6 is 24.0 Å². The van der Waals surface area contributed by atoms with Gasteiger partial charge in [0.05, 0.1) is 24.8 Å². The van der Waals surface area contributed by atoms with Gasteiger partial charge in [-0.1, -0.05) is 42.2 Å². The summed E-state index contributed by atoms with van der Waals surface area (Å²) in [6, 6.07) is 6.38. The molecule has 2 fully saturated rings. The molecule has 0 bridgehead atoms. The Balaban J connectivity index is 1.75. The molecule has 1 amide bonds. The molecule has 2 aliphatic rings. The molecule has 0 radical (unpaired) electrons. The van der Waals surface area contributed by atoms with Crippen molar-refractivity contribution in [2.45, 2.75) is 0 Å². The van der Waals surface area contributed by atoms with Gasteiger partial charge in [-0.2, -0.15) is 0 Å². The first-order valence-electron chi connectivity index (χ1n) is 6.95. The maximum atomic E-state index is 13.7. The molecule has 2 aliphatic heterocycles. The molecule has 0 aliphatic carbocycles. The van der Waals surface area contributed by atoms with Crippen LogP contribution in [-0.2, 0) is 9.53 Å². The highest BCUT2D eigenvalue weighted by molar-refractivity contribution is 8.26. The van der Waals surface area contributed by atoms with E-state index in [4.69, 9.17) is 17.0 Å². The van der Waals surface area contributed by atoms with Crippen LogP contribution in [0, 0.1) is 5.82 Å². The fraction of sp³-hybridized carbons (Fsp3) is 0.333. The predicted octanol–water partition coefficient (Wildman–Crippen LogP) is 2.32. The average molecular weight is 338 g/mol. The second-order valence-corrected chi connectivity index (χ2v) is 6.68. The maximum Gasteiger partial charge on any atom is 0.267 e. The van der Waals surface area contributed by atoms with Gasteiger partial charge in [-0.25, -0.2) is 4.39 Å². The number of nitrogens with zero attached hydrogens (tertiary/aromatic N) is 2. The standard InChI is InChI=1S/C15H15FN2O2S2/c16-12-4-2-1-3-11(12)9-13-14(19)18(15(21)22-13)10-17-5-7-20-8-6-17/h1-4,9H,5-8,10H2/b13-9-. The number of benzene rings is 1. The van der Waals surface area contributed by atoms with Gasteiger partial charge in [0.1, 0.15) is 10.1 Å². The first kappa shape index (κ1) is 15.6. The van der Waals surface area contributed by atoms with Crippen LogP contribution in [0.1, 0.15) is 5.56 Å².